The summed E-state index contributed by atoms with van der Waals surface area (Å²) < 4.78 is 7.38. The monoisotopic (exact) mass is 340 g/mol. The molecular weight excluding hydrogens is 316 g/mol. The highest BCUT2D eigenvalue weighted by molar-refractivity contribution is 5.90. The van der Waals surface area contributed by atoms with E-state index in [0.29, 0.717) is 19.1 Å². The van der Waals surface area contributed by atoms with Crippen molar-refractivity contribution in [2.75, 3.05) is 5.32 Å². The number of hydrogen-bond acceptors (Lipinski definition) is 3. The standard InChI is InChI=1S/C20H24N2O3/c1-15-5-10-18(25-15)11-12-19(23)21-17-8-6-16(7-9-17)14-22-13-3-2-4-20(22)24/h2-4,6-9,13,15,18H,5,10-12,14H2,1H3,(H,21,23)/t15-,18-/m1/s1. The summed E-state index contributed by atoms with van der Waals surface area (Å²) in [4.78, 5) is 23.8. The van der Waals surface area contributed by atoms with Crippen molar-refractivity contribution in [3.63, 3.8) is 0 Å². The number of anilines is 1. The van der Waals surface area contributed by atoms with Gasteiger partial charge >= 0.3 is 0 Å². The van der Waals surface area contributed by atoms with Crippen molar-refractivity contribution < 1.29 is 9.53 Å². The lowest BCUT2D eigenvalue weighted by Crippen LogP contribution is -2.18. The maximum Gasteiger partial charge on any atom is 0.250 e. The van der Waals surface area contributed by atoms with E-state index in [-0.39, 0.29) is 17.6 Å². The molecule has 0 aliphatic carbocycles. The SMILES string of the molecule is C[C@@H]1CC[C@H](CCC(=O)Nc2ccc(Cn3ccccc3=O)cc2)O1. The lowest BCUT2D eigenvalue weighted by atomic mass is 10.1. The van der Waals surface area contributed by atoms with E-state index in [9.17, 15) is 9.59 Å². The summed E-state index contributed by atoms with van der Waals surface area (Å²) in [6.07, 6.45) is 5.67. The second-order valence-electron chi connectivity index (χ2n) is 6.60. The second-order valence-corrected chi connectivity index (χ2v) is 6.60. The van der Waals surface area contributed by atoms with Crippen molar-refractivity contribution in [2.45, 2.75) is 51.4 Å². The summed E-state index contributed by atoms with van der Waals surface area (Å²) in [5, 5.41) is 2.92. The van der Waals surface area contributed by atoms with E-state index in [1.165, 1.54) is 0 Å². The van der Waals surface area contributed by atoms with Crippen LogP contribution in [0.4, 0.5) is 5.69 Å². The highest BCUT2D eigenvalue weighted by Crippen LogP contribution is 2.22. The molecule has 1 aliphatic heterocycles. The zero-order chi connectivity index (χ0) is 17.6. The molecule has 0 unspecified atom stereocenters. The summed E-state index contributed by atoms with van der Waals surface area (Å²) in [5.74, 6) is 0.00943. The van der Waals surface area contributed by atoms with Crippen LogP contribution < -0.4 is 10.9 Å². The van der Waals surface area contributed by atoms with Crippen LogP contribution in [-0.2, 0) is 16.1 Å². The number of ether oxygens (including phenoxy) is 1. The Kier molecular flexibility index (Phi) is 5.66. The Morgan fingerprint density at radius 1 is 1.20 bits per heavy atom. The highest BCUT2D eigenvalue weighted by atomic mass is 16.5. The predicted molar refractivity (Wildman–Crippen MR) is 97.7 cm³/mol. The number of carbonyl (C=O) groups excluding carboxylic acids is 1. The summed E-state index contributed by atoms with van der Waals surface area (Å²) in [5.41, 5.74) is 1.76. The van der Waals surface area contributed by atoms with Crippen LogP contribution in [0.2, 0.25) is 0 Å². The number of nitrogens with one attached hydrogen (secondary N) is 1. The van der Waals surface area contributed by atoms with Gasteiger partial charge in [-0.1, -0.05) is 18.2 Å². The fraction of sp³-hybridized carbons (Fsp3) is 0.400. The van der Waals surface area contributed by atoms with Gasteiger partial charge in [-0.05, 0) is 49.9 Å². The zero-order valence-electron chi connectivity index (χ0n) is 14.5. The molecule has 132 valence electrons. The molecule has 2 atom stereocenters. The van der Waals surface area contributed by atoms with Crippen molar-refractivity contribution in [3.05, 3.63) is 64.6 Å². The number of carbonyl (C=O) groups is 1. The van der Waals surface area contributed by atoms with E-state index in [1.54, 1.807) is 22.9 Å². The molecule has 25 heavy (non-hydrogen) atoms. The minimum Gasteiger partial charge on any atom is -0.375 e. The molecular formula is C20H24N2O3. The zero-order valence-corrected chi connectivity index (χ0v) is 14.5. The van der Waals surface area contributed by atoms with Crippen molar-refractivity contribution in [1.29, 1.82) is 0 Å². The third-order valence-corrected chi connectivity index (χ3v) is 4.50. The minimum atomic E-state index is -0.0247. The summed E-state index contributed by atoms with van der Waals surface area (Å²) in [6, 6.07) is 12.7. The Hall–Kier alpha value is -2.40. The van der Waals surface area contributed by atoms with Gasteiger partial charge in [0.1, 0.15) is 0 Å². The maximum absolute atomic E-state index is 12.1. The number of benzene rings is 1. The van der Waals surface area contributed by atoms with Crippen LogP contribution in [0, 0.1) is 0 Å². The molecule has 0 bridgehead atoms. The van der Waals surface area contributed by atoms with Gasteiger partial charge in [0.2, 0.25) is 5.91 Å². The van der Waals surface area contributed by atoms with Gasteiger partial charge < -0.3 is 14.6 Å². The molecule has 5 nitrogen and oxygen atoms in total. The van der Waals surface area contributed by atoms with Crippen molar-refractivity contribution in [1.82, 2.24) is 4.57 Å². The third kappa shape index (κ3) is 5.03. The number of pyridine rings is 1. The van der Waals surface area contributed by atoms with Crippen LogP contribution in [-0.4, -0.2) is 22.7 Å². The van der Waals surface area contributed by atoms with Gasteiger partial charge in [-0.2, -0.15) is 0 Å². The third-order valence-electron chi connectivity index (χ3n) is 4.50. The first kappa shape index (κ1) is 17.4. The molecule has 1 amide bonds. The van der Waals surface area contributed by atoms with Crippen LogP contribution in [0.3, 0.4) is 0 Å². The number of nitrogens with zero attached hydrogens (tertiary/aromatic N) is 1. The lowest BCUT2D eigenvalue weighted by molar-refractivity contribution is -0.116. The summed E-state index contributed by atoms with van der Waals surface area (Å²) in [6.45, 7) is 2.59. The number of rotatable bonds is 6. The van der Waals surface area contributed by atoms with E-state index >= 15 is 0 Å². The minimum absolute atomic E-state index is 0.00943. The van der Waals surface area contributed by atoms with Crippen LogP contribution in [0.15, 0.2) is 53.5 Å². The van der Waals surface area contributed by atoms with E-state index in [2.05, 4.69) is 12.2 Å². The summed E-state index contributed by atoms with van der Waals surface area (Å²) >= 11 is 0. The van der Waals surface area contributed by atoms with Gasteiger partial charge in [-0.15, -0.1) is 0 Å². The van der Waals surface area contributed by atoms with Crippen LogP contribution in [0.5, 0.6) is 0 Å². The molecule has 3 rings (SSSR count). The van der Waals surface area contributed by atoms with Crippen molar-refractivity contribution >= 4 is 11.6 Å². The molecule has 2 heterocycles. The van der Waals surface area contributed by atoms with E-state index in [4.69, 9.17) is 4.74 Å². The highest BCUT2D eigenvalue weighted by Gasteiger charge is 2.22. The second kappa shape index (κ2) is 8.12. The molecule has 0 spiro atoms. The molecule has 2 aromatic rings. The topological polar surface area (TPSA) is 60.3 Å². The molecule has 0 saturated carbocycles. The smallest absolute Gasteiger partial charge is 0.250 e. The Labute approximate surface area is 147 Å². The van der Waals surface area contributed by atoms with Gasteiger partial charge in [-0.25, -0.2) is 0 Å². The van der Waals surface area contributed by atoms with Crippen molar-refractivity contribution in [2.24, 2.45) is 0 Å². The molecule has 1 aromatic carbocycles. The number of aromatic nitrogens is 1. The largest absolute Gasteiger partial charge is 0.375 e. The quantitative estimate of drug-likeness (QED) is 0.878. The Morgan fingerprint density at radius 2 is 2.00 bits per heavy atom. The average Bonchev–Trinajstić information content (AvgIpc) is 3.02. The predicted octanol–water partition coefficient (Wildman–Crippen LogP) is 3.18. The molecule has 1 fully saturated rings. The van der Waals surface area contributed by atoms with Crippen LogP contribution in [0.1, 0.15) is 38.2 Å². The van der Waals surface area contributed by atoms with Crippen LogP contribution in [0.25, 0.3) is 0 Å². The molecule has 5 heteroatoms. The van der Waals surface area contributed by atoms with Gasteiger partial charge in [0.25, 0.3) is 5.56 Å². The summed E-state index contributed by atoms with van der Waals surface area (Å²) in [7, 11) is 0. The first-order chi connectivity index (χ1) is 12.1. The van der Waals surface area contributed by atoms with Crippen LogP contribution >= 0.6 is 0 Å². The van der Waals surface area contributed by atoms with Gasteiger partial charge in [0, 0.05) is 24.4 Å². The van der Waals surface area contributed by atoms with E-state index in [1.807, 2.05) is 30.3 Å². The van der Waals surface area contributed by atoms with Gasteiger partial charge in [0.05, 0.1) is 18.8 Å². The average molecular weight is 340 g/mol. The maximum atomic E-state index is 12.1. The van der Waals surface area contributed by atoms with Gasteiger partial charge in [0.15, 0.2) is 0 Å². The molecule has 1 aliphatic rings. The van der Waals surface area contributed by atoms with Crippen molar-refractivity contribution in [3.8, 4) is 0 Å². The van der Waals surface area contributed by atoms with Gasteiger partial charge in [-0.3, -0.25) is 9.59 Å². The van der Waals surface area contributed by atoms with E-state index < -0.39 is 0 Å². The molecule has 1 aromatic heterocycles. The fourth-order valence-electron chi connectivity index (χ4n) is 3.09. The Bertz CT molecular complexity index is 767. The first-order valence-corrected chi connectivity index (χ1v) is 8.80. The normalized spacial score (nSPS) is 19.7. The molecule has 1 N–H and O–H groups in total. The Balaban J connectivity index is 1.49. The number of amides is 1. The van der Waals surface area contributed by atoms with E-state index in [0.717, 1.165) is 30.5 Å². The lowest BCUT2D eigenvalue weighted by Gasteiger charge is -2.11. The molecule has 0 radical (unpaired) electrons. The first-order valence-electron chi connectivity index (χ1n) is 8.80. The Morgan fingerprint density at radius 3 is 2.68 bits per heavy atom. The fourth-order valence-corrected chi connectivity index (χ4v) is 3.09. The number of hydrogen-bond donors (Lipinski definition) is 1. The molecule has 1 saturated heterocycles.